The molecule has 0 saturated heterocycles. The second kappa shape index (κ2) is 6.84. The summed E-state index contributed by atoms with van der Waals surface area (Å²) < 4.78 is 11.2. The van der Waals surface area contributed by atoms with Gasteiger partial charge in [-0.2, -0.15) is 0 Å². The van der Waals surface area contributed by atoms with Crippen molar-refractivity contribution in [3.8, 4) is 0 Å². The van der Waals surface area contributed by atoms with Crippen LogP contribution >= 0.6 is 0 Å². The summed E-state index contributed by atoms with van der Waals surface area (Å²) in [5, 5.41) is 0. The minimum atomic E-state index is -0.218. The predicted molar refractivity (Wildman–Crippen MR) is 103 cm³/mol. The van der Waals surface area contributed by atoms with Crippen LogP contribution in [0, 0.1) is 34.5 Å². The van der Waals surface area contributed by atoms with E-state index in [1.807, 2.05) is 0 Å². The number of carbonyl (C=O) groups is 3. The molecule has 0 amide bonds. The Morgan fingerprint density at radius 2 is 1.54 bits per heavy atom. The van der Waals surface area contributed by atoms with Crippen molar-refractivity contribution in [2.45, 2.75) is 91.3 Å². The lowest BCUT2D eigenvalue weighted by molar-refractivity contribution is -0.173. The van der Waals surface area contributed by atoms with E-state index in [1.54, 1.807) is 0 Å². The summed E-state index contributed by atoms with van der Waals surface area (Å²) in [5.74, 6) is 1.12. The first-order valence-corrected chi connectivity index (χ1v) is 11.0. The molecule has 156 valence electrons. The molecule has 5 nitrogen and oxygen atoms in total. The summed E-state index contributed by atoms with van der Waals surface area (Å²) in [7, 11) is 0. The van der Waals surface area contributed by atoms with Crippen LogP contribution in [0.25, 0.3) is 0 Å². The molecule has 3 unspecified atom stereocenters. The smallest absolute Gasteiger partial charge is 0.302 e. The normalized spacial score (nSPS) is 47.5. The molecule has 0 heterocycles. The van der Waals surface area contributed by atoms with Crippen LogP contribution in [0.1, 0.15) is 79.1 Å². The molecular weight excluding hydrogens is 356 g/mol. The van der Waals surface area contributed by atoms with E-state index in [0.29, 0.717) is 30.0 Å². The van der Waals surface area contributed by atoms with E-state index >= 15 is 0 Å². The summed E-state index contributed by atoms with van der Waals surface area (Å²) in [6.45, 7) is 7.58. The van der Waals surface area contributed by atoms with Crippen LogP contribution in [-0.4, -0.2) is 29.9 Å². The molecule has 4 fully saturated rings. The number of ketones is 1. The van der Waals surface area contributed by atoms with Crippen molar-refractivity contribution in [2.75, 3.05) is 0 Å². The number of esters is 2. The molecule has 0 spiro atoms. The highest BCUT2D eigenvalue weighted by Gasteiger charge is 2.63. The molecule has 0 bridgehead atoms. The average Bonchev–Trinajstić information content (AvgIpc) is 2.92. The van der Waals surface area contributed by atoms with E-state index in [-0.39, 0.29) is 40.9 Å². The number of fused-ring (bicyclic) bond motifs is 5. The quantitative estimate of drug-likeness (QED) is 0.665. The van der Waals surface area contributed by atoms with E-state index in [4.69, 9.17) is 9.47 Å². The van der Waals surface area contributed by atoms with Gasteiger partial charge in [0.15, 0.2) is 0 Å². The first-order chi connectivity index (χ1) is 13.1. The molecule has 0 aromatic rings. The van der Waals surface area contributed by atoms with Gasteiger partial charge < -0.3 is 9.47 Å². The van der Waals surface area contributed by atoms with Crippen molar-refractivity contribution in [3.05, 3.63) is 0 Å². The van der Waals surface area contributed by atoms with Gasteiger partial charge in [-0.25, -0.2) is 0 Å². The van der Waals surface area contributed by atoms with Gasteiger partial charge in [-0.3, -0.25) is 14.4 Å². The van der Waals surface area contributed by atoms with Crippen LogP contribution < -0.4 is 0 Å². The Morgan fingerprint density at radius 1 is 0.893 bits per heavy atom. The lowest BCUT2D eigenvalue weighted by atomic mass is 9.45. The molecule has 0 aromatic heterocycles. The molecule has 4 aliphatic rings. The highest BCUT2D eigenvalue weighted by molar-refractivity contribution is 5.83. The van der Waals surface area contributed by atoms with E-state index < -0.39 is 0 Å². The maximum absolute atomic E-state index is 13.4. The van der Waals surface area contributed by atoms with Crippen LogP contribution in [0.4, 0.5) is 0 Å². The molecule has 0 aliphatic heterocycles. The van der Waals surface area contributed by atoms with Crippen LogP contribution in [0.2, 0.25) is 0 Å². The fourth-order valence-corrected chi connectivity index (χ4v) is 7.58. The number of rotatable bonds is 2. The SMILES string of the molecule is CC(=O)OC1CC[C@@]2(C)C(CC(=O)[C@@H]3[C@@H]2CC[C@]2(C)C(OC(C)=O)CC[C@@H]32)C1. The van der Waals surface area contributed by atoms with Crippen molar-refractivity contribution in [3.63, 3.8) is 0 Å². The molecular formula is C23H34O5. The highest BCUT2D eigenvalue weighted by atomic mass is 16.5. The Kier molecular flexibility index (Phi) is 4.86. The third-order valence-corrected chi connectivity index (χ3v) is 8.98. The largest absolute Gasteiger partial charge is 0.463 e. The number of carbonyl (C=O) groups excluding carboxylic acids is 3. The van der Waals surface area contributed by atoms with Crippen LogP contribution in [-0.2, 0) is 23.9 Å². The van der Waals surface area contributed by atoms with E-state index in [9.17, 15) is 14.4 Å². The Labute approximate surface area is 167 Å². The second-order valence-electron chi connectivity index (χ2n) is 10.3. The number of ether oxygens (including phenoxy) is 2. The molecule has 4 aliphatic carbocycles. The minimum Gasteiger partial charge on any atom is -0.463 e. The number of Topliss-reactive ketones (excluding diaryl/α,β-unsaturated/α-hetero) is 1. The summed E-state index contributed by atoms with van der Waals surface area (Å²) in [4.78, 5) is 36.3. The van der Waals surface area contributed by atoms with Gasteiger partial charge >= 0.3 is 11.9 Å². The zero-order chi connectivity index (χ0) is 20.3. The average molecular weight is 391 g/mol. The lowest BCUT2D eigenvalue weighted by Gasteiger charge is -2.59. The van der Waals surface area contributed by atoms with E-state index in [2.05, 4.69) is 13.8 Å². The fraction of sp³-hybridized carbons (Fsp3) is 0.870. The third-order valence-electron chi connectivity index (χ3n) is 8.98. The Hall–Kier alpha value is -1.39. The maximum atomic E-state index is 13.4. The molecule has 8 atom stereocenters. The van der Waals surface area contributed by atoms with Gasteiger partial charge in [-0.05, 0) is 68.1 Å². The Morgan fingerprint density at radius 3 is 2.21 bits per heavy atom. The predicted octanol–water partition coefficient (Wildman–Crippen LogP) is 4.07. The Balaban J connectivity index is 1.57. The molecule has 4 saturated carbocycles. The van der Waals surface area contributed by atoms with E-state index in [1.165, 1.54) is 13.8 Å². The molecule has 0 aromatic carbocycles. The molecule has 28 heavy (non-hydrogen) atoms. The standard InChI is InChI=1S/C23H34O5/c1-13(24)27-16-7-9-22(3)15(11-16)12-19(26)21-17-5-6-20(28-14(2)25)23(17,4)10-8-18(21)22/h15-18,20-21H,5-12H2,1-4H3/t15?,16?,17-,18-,20?,21-,22-,23-/m0/s1. The van der Waals surface area contributed by atoms with Crippen molar-refractivity contribution in [2.24, 2.45) is 34.5 Å². The van der Waals surface area contributed by atoms with Gasteiger partial charge in [-0.1, -0.05) is 13.8 Å². The number of hydrogen-bond acceptors (Lipinski definition) is 5. The molecule has 4 rings (SSSR count). The van der Waals surface area contributed by atoms with E-state index in [0.717, 1.165) is 44.9 Å². The van der Waals surface area contributed by atoms with Crippen LogP contribution in [0.3, 0.4) is 0 Å². The third kappa shape index (κ3) is 3.00. The molecule has 0 radical (unpaired) electrons. The zero-order valence-corrected chi connectivity index (χ0v) is 17.7. The van der Waals surface area contributed by atoms with Crippen LogP contribution in [0.15, 0.2) is 0 Å². The van der Waals surface area contributed by atoms with Gasteiger partial charge in [0.25, 0.3) is 0 Å². The van der Waals surface area contributed by atoms with Gasteiger partial charge in [0, 0.05) is 31.6 Å². The van der Waals surface area contributed by atoms with Gasteiger partial charge in [0.1, 0.15) is 18.0 Å². The molecule has 5 heteroatoms. The summed E-state index contributed by atoms with van der Waals surface area (Å²) in [5.41, 5.74) is 0.0801. The highest BCUT2D eigenvalue weighted by Crippen LogP contribution is 2.65. The summed E-state index contributed by atoms with van der Waals surface area (Å²) in [6.07, 6.45) is 7.21. The topological polar surface area (TPSA) is 69.7 Å². The van der Waals surface area contributed by atoms with Crippen molar-refractivity contribution < 1.29 is 23.9 Å². The summed E-state index contributed by atoms with van der Waals surface area (Å²) in [6, 6.07) is 0. The Bertz CT molecular complexity index is 686. The minimum absolute atomic E-state index is 0.0337. The van der Waals surface area contributed by atoms with Gasteiger partial charge in [0.05, 0.1) is 0 Å². The summed E-state index contributed by atoms with van der Waals surface area (Å²) >= 11 is 0. The zero-order valence-electron chi connectivity index (χ0n) is 17.7. The lowest BCUT2D eigenvalue weighted by Crippen LogP contribution is -2.58. The number of hydrogen-bond donors (Lipinski definition) is 0. The van der Waals surface area contributed by atoms with Gasteiger partial charge in [0.2, 0.25) is 0 Å². The second-order valence-corrected chi connectivity index (χ2v) is 10.3. The first kappa shape index (κ1) is 19.9. The van der Waals surface area contributed by atoms with Crippen molar-refractivity contribution in [1.29, 1.82) is 0 Å². The maximum Gasteiger partial charge on any atom is 0.302 e. The van der Waals surface area contributed by atoms with Gasteiger partial charge in [-0.15, -0.1) is 0 Å². The van der Waals surface area contributed by atoms with Crippen molar-refractivity contribution >= 4 is 17.7 Å². The van der Waals surface area contributed by atoms with Crippen LogP contribution in [0.5, 0.6) is 0 Å². The first-order valence-electron chi connectivity index (χ1n) is 11.0. The molecule has 0 N–H and O–H groups in total. The van der Waals surface area contributed by atoms with Crippen molar-refractivity contribution in [1.82, 2.24) is 0 Å². The fourth-order valence-electron chi connectivity index (χ4n) is 7.58. The monoisotopic (exact) mass is 390 g/mol.